The van der Waals surface area contributed by atoms with Gasteiger partial charge in [-0.25, -0.2) is 4.39 Å². The number of halogens is 1. The molecule has 0 atom stereocenters. The Balaban J connectivity index is 1.62. The van der Waals surface area contributed by atoms with E-state index in [4.69, 9.17) is 9.47 Å². The van der Waals surface area contributed by atoms with Crippen molar-refractivity contribution in [3.8, 4) is 16.9 Å². The highest BCUT2D eigenvalue weighted by atomic mass is 19.1. The maximum atomic E-state index is 15.2. The summed E-state index contributed by atoms with van der Waals surface area (Å²) in [6.07, 6.45) is 5.75. The summed E-state index contributed by atoms with van der Waals surface area (Å²) in [5, 5.41) is 0.202. The van der Waals surface area contributed by atoms with Gasteiger partial charge in [0.05, 0.1) is 24.6 Å². The van der Waals surface area contributed by atoms with E-state index >= 15 is 4.39 Å². The summed E-state index contributed by atoms with van der Waals surface area (Å²) in [4.78, 5) is 18.5. The Hall–Kier alpha value is -2.74. The molecule has 200 valence electrons. The molecule has 0 saturated carbocycles. The first-order chi connectivity index (χ1) is 18.0. The number of pyridine rings is 1. The Labute approximate surface area is 219 Å². The molecule has 3 aromatic rings. The third-order valence-electron chi connectivity index (χ3n) is 7.41. The van der Waals surface area contributed by atoms with Crippen LogP contribution >= 0.6 is 0 Å². The molecule has 2 heterocycles. The fourth-order valence-electron chi connectivity index (χ4n) is 5.21. The van der Waals surface area contributed by atoms with E-state index in [1.807, 2.05) is 36.5 Å². The number of ether oxygens (including phenoxy) is 2. The summed E-state index contributed by atoms with van der Waals surface area (Å²) in [6, 6.07) is 10.7. The normalized spacial score (nSPS) is 14.9. The predicted octanol–water partition coefficient (Wildman–Crippen LogP) is 4.81. The van der Waals surface area contributed by atoms with E-state index in [0.29, 0.717) is 5.56 Å². The second kappa shape index (κ2) is 13.2. The average molecular weight is 510 g/mol. The summed E-state index contributed by atoms with van der Waals surface area (Å²) in [5.74, 6) is 0.275. The number of aromatic nitrogens is 1. The van der Waals surface area contributed by atoms with Gasteiger partial charge in [-0.1, -0.05) is 31.5 Å². The number of hydrogen-bond acceptors (Lipinski definition) is 5. The van der Waals surface area contributed by atoms with Crippen molar-refractivity contribution in [2.45, 2.75) is 39.2 Å². The van der Waals surface area contributed by atoms with Crippen molar-refractivity contribution in [3.63, 3.8) is 0 Å². The highest BCUT2D eigenvalue weighted by Crippen LogP contribution is 2.27. The minimum atomic E-state index is -0.448. The second-order valence-electron chi connectivity index (χ2n) is 9.86. The van der Waals surface area contributed by atoms with Crippen molar-refractivity contribution in [3.05, 3.63) is 64.2 Å². The summed E-state index contributed by atoms with van der Waals surface area (Å²) < 4.78 is 27.8. The molecule has 0 radical (unpaired) electrons. The van der Waals surface area contributed by atoms with Gasteiger partial charge in [-0.3, -0.25) is 9.69 Å². The summed E-state index contributed by atoms with van der Waals surface area (Å²) in [6.45, 7) is 9.80. The number of unbranched alkanes of at least 4 members (excludes halogenated alkanes) is 1. The van der Waals surface area contributed by atoms with Crippen LogP contribution in [-0.2, 0) is 17.7 Å². The standard InChI is InChI=1S/C30H40FN3O3/c1-4-5-7-24-10-13-27(31)28-29(24)34(15-6-14-32-16-18-33(19-17-32)20-21-36-2)22-26(30(28)35)23-8-11-25(37-3)12-9-23/h8-13,22H,4-7,14-21H2,1-3H3. The molecule has 0 aliphatic carbocycles. The molecule has 0 bridgehead atoms. The lowest BCUT2D eigenvalue weighted by atomic mass is 9.99. The van der Waals surface area contributed by atoms with Crippen LogP contribution in [0.3, 0.4) is 0 Å². The van der Waals surface area contributed by atoms with Crippen LogP contribution < -0.4 is 10.2 Å². The van der Waals surface area contributed by atoms with Crippen LogP contribution in [0, 0.1) is 5.82 Å². The van der Waals surface area contributed by atoms with Crippen molar-refractivity contribution in [1.82, 2.24) is 14.4 Å². The molecule has 0 N–H and O–H groups in total. The number of fused-ring (bicyclic) bond motifs is 1. The summed E-state index contributed by atoms with van der Waals surface area (Å²) in [7, 11) is 3.36. The zero-order valence-electron chi connectivity index (χ0n) is 22.5. The molecule has 0 spiro atoms. The third kappa shape index (κ3) is 6.58. The lowest BCUT2D eigenvalue weighted by molar-refractivity contribution is 0.0959. The molecule has 1 fully saturated rings. The SMILES string of the molecule is CCCCc1ccc(F)c2c(=O)c(-c3ccc(OC)cc3)cn(CCCN3CCN(CCOC)CC3)c12. The Kier molecular flexibility index (Phi) is 9.72. The molecule has 0 amide bonds. The molecular weight excluding hydrogens is 469 g/mol. The fraction of sp³-hybridized carbons (Fsp3) is 0.500. The topological polar surface area (TPSA) is 46.9 Å². The monoisotopic (exact) mass is 509 g/mol. The van der Waals surface area contributed by atoms with Crippen molar-refractivity contribution in [2.75, 3.05) is 60.1 Å². The summed E-state index contributed by atoms with van der Waals surface area (Å²) in [5.41, 5.74) is 2.84. The number of methoxy groups -OCH3 is 2. The van der Waals surface area contributed by atoms with E-state index in [9.17, 15) is 4.79 Å². The first-order valence-electron chi connectivity index (χ1n) is 13.5. The molecule has 0 unspecified atom stereocenters. The first kappa shape index (κ1) is 27.3. The van der Waals surface area contributed by atoms with Crippen molar-refractivity contribution in [1.29, 1.82) is 0 Å². The summed E-state index contributed by atoms with van der Waals surface area (Å²) >= 11 is 0. The fourth-order valence-corrected chi connectivity index (χ4v) is 5.21. The Morgan fingerprint density at radius 3 is 2.24 bits per heavy atom. The Bertz CT molecular complexity index is 1220. The molecule has 1 aliphatic heterocycles. The molecule has 4 rings (SSSR count). The van der Waals surface area contributed by atoms with Crippen LogP contribution in [0.5, 0.6) is 5.75 Å². The number of hydrogen-bond donors (Lipinski definition) is 0. The maximum Gasteiger partial charge on any atom is 0.200 e. The number of rotatable bonds is 12. The van der Waals surface area contributed by atoms with Gasteiger partial charge >= 0.3 is 0 Å². The lowest BCUT2D eigenvalue weighted by Gasteiger charge is -2.34. The quantitative estimate of drug-likeness (QED) is 0.351. The van der Waals surface area contributed by atoms with Gasteiger partial charge in [0.2, 0.25) is 0 Å². The molecule has 1 aromatic heterocycles. The van der Waals surface area contributed by atoms with Gasteiger partial charge in [0.15, 0.2) is 5.43 Å². The predicted molar refractivity (Wildman–Crippen MR) is 148 cm³/mol. The van der Waals surface area contributed by atoms with E-state index in [-0.39, 0.29) is 10.8 Å². The number of benzene rings is 2. The Morgan fingerprint density at radius 2 is 1.59 bits per heavy atom. The molecule has 1 aliphatic rings. The number of aryl methyl sites for hydroxylation is 2. The van der Waals surface area contributed by atoms with Gasteiger partial charge in [0.25, 0.3) is 0 Å². The van der Waals surface area contributed by atoms with E-state index in [2.05, 4.69) is 21.3 Å². The highest BCUT2D eigenvalue weighted by Gasteiger charge is 2.19. The molecule has 2 aromatic carbocycles. The largest absolute Gasteiger partial charge is 0.497 e. The van der Waals surface area contributed by atoms with E-state index < -0.39 is 5.82 Å². The van der Waals surface area contributed by atoms with E-state index in [0.717, 1.165) is 100 Å². The smallest absolute Gasteiger partial charge is 0.200 e. The van der Waals surface area contributed by atoms with Gasteiger partial charge in [-0.2, -0.15) is 0 Å². The minimum absolute atomic E-state index is 0.202. The van der Waals surface area contributed by atoms with Crippen LogP contribution in [0.15, 0.2) is 47.4 Å². The molecular formula is C30H40FN3O3. The second-order valence-corrected chi connectivity index (χ2v) is 9.86. The van der Waals surface area contributed by atoms with Crippen molar-refractivity contribution < 1.29 is 13.9 Å². The number of piperazine rings is 1. The van der Waals surface area contributed by atoms with Crippen LogP contribution in [0.25, 0.3) is 22.0 Å². The molecule has 1 saturated heterocycles. The third-order valence-corrected chi connectivity index (χ3v) is 7.41. The first-order valence-corrected chi connectivity index (χ1v) is 13.5. The van der Waals surface area contributed by atoms with E-state index in [1.165, 1.54) is 6.07 Å². The van der Waals surface area contributed by atoms with Crippen LogP contribution in [-0.4, -0.2) is 74.5 Å². The van der Waals surface area contributed by atoms with Gasteiger partial charge in [0, 0.05) is 58.1 Å². The van der Waals surface area contributed by atoms with Crippen LogP contribution in [0.1, 0.15) is 31.7 Å². The average Bonchev–Trinajstić information content (AvgIpc) is 2.93. The van der Waals surface area contributed by atoms with Gasteiger partial charge < -0.3 is 18.9 Å². The van der Waals surface area contributed by atoms with Gasteiger partial charge in [-0.05, 0) is 55.1 Å². The molecule has 6 nitrogen and oxygen atoms in total. The van der Waals surface area contributed by atoms with Crippen molar-refractivity contribution in [2.24, 2.45) is 0 Å². The van der Waals surface area contributed by atoms with Crippen LogP contribution in [0.2, 0.25) is 0 Å². The Morgan fingerprint density at radius 1 is 0.892 bits per heavy atom. The van der Waals surface area contributed by atoms with Crippen molar-refractivity contribution >= 4 is 10.9 Å². The lowest BCUT2D eigenvalue weighted by Crippen LogP contribution is -2.47. The molecule has 37 heavy (non-hydrogen) atoms. The molecule has 7 heteroatoms. The number of nitrogens with zero attached hydrogens (tertiary/aromatic N) is 3. The zero-order chi connectivity index (χ0) is 26.2. The minimum Gasteiger partial charge on any atom is -0.497 e. The zero-order valence-corrected chi connectivity index (χ0v) is 22.5. The van der Waals surface area contributed by atoms with Crippen LogP contribution in [0.4, 0.5) is 4.39 Å². The highest BCUT2D eigenvalue weighted by molar-refractivity contribution is 5.87. The van der Waals surface area contributed by atoms with E-state index in [1.54, 1.807) is 14.2 Å². The van der Waals surface area contributed by atoms with Gasteiger partial charge in [0.1, 0.15) is 11.6 Å². The van der Waals surface area contributed by atoms with Gasteiger partial charge in [-0.15, -0.1) is 0 Å². The maximum absolute atomic E-state index is 15.2.